The summed E-state index contributed by atoms with van der Waals surface area (Å²) in [6.07, 6.45) is 2.91. The molecule has 2 atom stereocenters. The van der Waals surface area contributed by atoms with Crippen LogP contribution in [-0.4, -0.2) is 49.8 Å². The molecular formula is C11H23N3O2S. The van der Waals surface area contributed by atoms with Crippen LogP contribution in [0.2, 0.25) is 0 Å². The molecule has 6 heteroatoms. The molecule has 0 aliphatic carbocycles. The van der Waals surface area contributed by atoms with E-state index in [1.807, 2.05) is 0 Å². The van der Waals surface area contributed by atoms with E-state index < -0.39 is 10.2 Å². The fraction of sp³-hybridized carbons (Fsp3) is 1.00. The maximum absolute atomic E-state index is 12.4. The molecule has 2 N–H and O–H groups in total. The van der Waals surface area contributed by atoms with Crippen LogP contribution in [0.4, 0.5) is 0 Å². The van der Waals surface area contributed by atoms with E-state index >= 15 is 0 Å². The Hall–Kier alpha value is -0.170. The van der Waals surface area contributed by atoms with Crippen molar-refractivity contribution in [2.24, 2.45) is 17.6 Å². The van der Waals surface area contributed by atoms with E-state index in [1.54, 1.807) is 8.61 Å². The molecule has 2 rings (SSSR count). The summed E-state index contributed by atoms with van der Waals surface area (Å²) in [5, 5.41) is 0. The Morgan fingerprint density at radius 2 is 1.82 bits per heavy atom. The number of hydrogen-bond acceptors (Lipinski definition) is 3. The van der Waals surface area contributed by atoms with Gasteiger partial charge in [0.05, 0.1) is 0 Å². The number of hydrogen-bond donors (Lipinski definition) is 1. The summed E-state index contributed by atoms with van der Waals surface area (Å²) >= 11 is 0. The predicted molar refractivity (Wildman–Crippen MR) is 67.6 cm³/mol. The van der Waals surface area contributed by atoms with Crippen LogP contribution in [0.5, 0.6) is 0 Å². The molecule has 0 aromatic carbocycles. The second kappa shape index (κ2) is 5.22. The minimum Gasteiger partial charge on any atom is -0.330 e. The van der Waals surface area contributed by atoms with Gasteiger partial charge in [-0.3, -0.25) is 0 Å². The fourth-order valence-corrected chi connectivity index (χ4v) is 4.48. The molecule has 0 bridgehead atoms. The topological polar surface area (TPSA) is 66.6 Å². The van der Waals surface area contributed by atoms with Gasteiger partial charge in [-0.25, -0.2) is 0 Å². The summed E-state index contributed by atoms with van der Waals surface area (Å²) in [4.78, 5) is 0. The highest BCUT2D eigenvalue weighted by Crippen LogP contribution is 2.26. The Balaban J connectivity index is 2.06. The average Bonchev–Trinajstić information content (AvgIpc) is 2.83. The molecule has 0 aromatic rings. The van der Waals surface area contributed by atoms with Crippen molar-refractivity contribution in [2.45, 2.75) is 26.2 Å². The molecule has 0 aromatic heterocycles. The lowest BCUT2D eigenvalue weighted by molar-refractivity contribution is 0.195. The Bertz CT molecular complexity index is 352. The molecule has 5 nitrogen and oxygen atoms in total. The monoisotopic (exact) mass is 261 g/mol. The standard InChI is InChI=1S/C11H23N3O2S/c1-10-4-7-14(9-11(10)8-12)17(15,16)13-5-2-3-6-13/h10-11H,2-9,12H2,1H3. The highest BCUT2D eigenvalue weighted by molar-refractivity contribution is 7.86. The molecular weight excluding hydrogens is 238 g/mol. The van der Waals surface area contributed by atoms with Crippen LogP contribution in [-0.2, 0) is 10.2 Å². The van der Waals surface area contributed by atoms with Crippen molar-refractivity contribution in [3.05, 3.63) is 0 Å². The van der Waals surface area contributed by atoms with Crippen molar-refractivity contribution in [1.29, 1.82) is 0 Å². The van der Waals surface area contributed by atoms with Gasteiger partial charge >= 0.3 is 0 Å². The van der Waals surface area contributed by atoms with Gasteiger partial charge in [-0.15, -0.1) is 0 Å². The molecule has 0 radical (unpaired) electrons. The normalized spacial score (nSPS) is 33.1. The molecule has 0 saturated carbocycles. The Kier molecular flexibility index (Phi) is 4.07. The summed E-state index contributed by atoms with van der Waals surface area (Å²) in [6.45, 7) is 5.35. The zero-order chi connectivity index (χ0) is 12.5. The largest absolute Gasteiger partial charge is 0.330 e. The van der Waals surface area contributed by atoms with Crippen LogP contribution in [0.15, 0.2) is 0 Å². The van der Waals surface area contributed by atoms with Crippen molar-refractivity contribution in [3.63, 3.8) is 0 Å². The second-order valence-corrected chi connectivity index (χ2v) is 7.16. The maximum atomic E-state index is 12.4. The fourth-order valence-electron chi connectivity index (χ4n) is 2.71. The molecule has 2 fully saturated rings. The SMILES string of the molecule is CC1CCN(S(=O)(=O)N2CCCC2)CC1CN. The van der Waals surface area contributed by atoms with Crippen LogP contribution >= 0.6 is 0 Å². The number of nitrogens with two attached hydrogens (primary N) is 1. The molecule has 2 aliphatic heterocycles. The first-order chi connectivity index (χ1) is 8.05. The van der Waals surface area contributed by atoms with Crippen LogP contribution in [0.3, 0.4) is 0 Å². The molecule has 2 aliphatic rings. The lowest BCUT2D eigenvalue weighted by Gasteiger charge is -2.37. The van der Waals surface area contributed by atoms with E-state index in [9.17, 15) is 8.42 Å². The highest BCUT2D eigenvalue weighted by atomic mass is 32.2. The van der Waals surface area contributed by atoms with E-state index in [4.69, 9.17) is 5.73 Å². The number of nitrogens with zero attached hydrogens (tertiary/aromatic N) is 2. The van der Waals surface area contributed by atoms with Gasteiger partial charge in [0.2, 0.25) is 0 Å². The second-order valence-electron chi connectivity index (χ2n) is 5.23. The minimum absolute atomic E-state index is 0.307. The van der Waals surface area contributed by atoms with Crippen LogP contribution in [0.1, 0.15) is 26.2 Å². The lowest BCUT2D eigenvalue weighted by atomic mass is 9.88. The molecule has 0 spiro atoms. The first-order valence-corrected chi connectivity index (χ1v) is 7.90. The van der Waals surface area contributed by atoms with Gasteiger partial charge in [0.15, 0.2) is 0 Å². The number of rotatable bonds is 3. The number of piperidine rings is 1. The maximum Gasteiger partial charge on any atom is 0.281 e. The zero-order valence-corrected chi connectivity index (χ0v) is 11.3. The van der Waals surface area contributed by atoms with Crippen LogP contribution in [0.25, 0.3) is 0 Å². The van der Waals surface area contributed by atoms with Gasteiger partial charge in [-0.2, -0.15) is 17.0 Å². The molecule has 0 amide bonds. The molecule has 100 valence electrons. The van der Waals surface area contributed by atoms with Gasteiger partial charge in [0.25, 0.3) is 10.2 Å². The van der Waals surface area contributed by atoms with Crippen molar-refractivity contribution < 1.29 is 8.42 Å². The summed E-state index contributed by atoms with van der Waals surface area (Å²) in [5.74, 6) is 0.839. The van der Waals surface area contributed by atoms with Crippen molar-refractivity contribution >= 4 is 10.2 Å². The van der Waals surface area contributed by atoms with Crippen molar-refractivity contribution in [1.82, 2.24) is 8.61 Å². The summed E-state index contributed by atoms with van der Waals surface area (Å²) in [6, 6.07) is 0. The third-order valence-corrected chi connectivity index (χ3v) is 6.10. The lowest BCUT2D eigenvalue weighted by Crippen LogP contribution is -2.50. The molecule has 2 heterocycles. The van der Waals surface area contributed by atoms with Gasteiger partial charge in [0, 0.05) is 26.2 Å². The Morgan fingerprint density at radius 1 is 1.18 bits per heavy atom. The molecule has 2 unspecified atom stereocenters. The van der Waals surface area contributed by atoms with E-state index in [1.165, 1.54) is 0 Å². The zero-order valence-electron chi connectivity index (χ0n) is 10.5. The first kappa shape index (κ1) is 13.3. The minimum atomic E-state index is -3.22. The Labute approximate surface area is 104 Å². The Morgan fingerprint density at radius 3 is 2.41 bits per heavy atom. The summed E-state index contributed by atoms with van der Waals surface area (Å²) < 4.78 is 28.0. The van der Waals surface area contributed by atoms with E-state index in [0.717, 1.165) is 19.3 Å². The van der Waals surface area contributed by atoms with E-state index in [0.29, 0.717) is 44.6 Å². The first-order valence-electron chi connectivity index (χ1n) is 6.51. The smallest absolute Gasteiger partial charge is 0.281 e. The molecule has 17 heavy (non-hydrogen) atoms. The van der Waals surface area contributed by atoms with Crippen LogP contribution < -0.4 is 5.73 Å². The van der Waals surface area contributed by atoms with Crippen LogP contribution in [0, 0.1) is 11.8 Å². The van der Waals surface area contributed by atoms with Gasteiger partial charge in [0.1, 0.15) is 0 Å². The van der Waals surface area contributed by atoms with E-state index in [-0.39, 0.29) is 0 Å². The highest BCUT2D eigenvalue weighted by Gasteiger charge is 2.36. The van der Waals surface area contributed by atoms with Gasteiger partial charge < -0.3 is 5.73 Å². The van der Waals surface area contributed by atoms with Gasteiger partial charge in [-0.1, -0.05) is 6.92 Å². The third kappa shape index (κ3) is 2.65. The van der Waals surface area contributed by atoms with Crippen molar-refractivity contribution in [3.8, 4) is 0 Å². The quantitative estimate of drug-likeness (QED) is 0.791. The predicted octanol–water partition coefficient (Wildman–Crippen LogP) is 0.244. The summed E-state index contributed by atoms with van der Waals surface area (Å²) in [7, 11) is -3.22. The summed E-state index contributed by atoms with van der Waals surface area (Å²) in [5.41, 5.74) is 5.72. The van der Waals surface area contributed by atoms with Crippen molar-refractivity contribution in [2.75, 3.05) is 32.7 Å². The average molecular weight is 261 g/mol. The molecule has 2 saturated heterocycles. The third-order valence-electron chi connectivity index (χ3n) is 4.10. The van der Waals surface area contributed by atoms with E-state index in [2.05, 4.69) is 6.92 Å². The van der Waals surface area contributed by atoms with Gasteiger partial charge in [-0.05, 0) is 37.6 Å².